The lowest BCUT2D eigenvalue weighted by Crippen LogP contribution is -2.27. The summed E-state index contributed by atoms with van der Waals surface area (Å²) < 4.78 is 13.2. The first-order chi connectivity index (χ1) is 7.75. The third kappa shape index (κ3) is 3.19. The van der Waals surface area contributed by atoms with E-state index in [1.165, 1.54) is 12.8 Å². The second-order valence-corrected chi connectivity index (χ2v) is 4.89. The Morgan fingerprint density at radius 3 is 2.75 bits per heavy atom. The molecule has 1 nitrogen and oxygen atoms in total. The zero-order valence-electron chi connectivity index (χ0n) is 9.31. The Morgan fingerprint density at radius 1 is 1.31 bits per heavy atom. The number of hydrogen-bond acceptors (Lipinski definition) is 1. The number of halogens is 2. The van der Waals surface area contributed by atoms with Crippen LogP contribution in [0.15, 0.2) is 18.2 Å². The maximum atomic E-state index is 13.2. The van der Waals surface area contributed by atoms with Crippen LogP contribution in [0.3, 0.4) is 0 Å². The van der Waals surface area contributed by atoms with Gasteiger partial charge in [-0.3, -0.25) is 0 Å². The molecule has 1 aromatic rings. The summed E-state index contributed by atoms with van der Waals surface area (Å²) in [5.74, 6) is 0.490. The van der Waals surface area contributed by atoms with Gasteiger partial charge < -0.3 is 5.32 Å². The predicted molar refractivity (Wildman–Crippen MR) is 65.3 cm³/mol. The predicted octanol–water partition coefficient (Wildman–Crippen LogP) is 3.41. The number of benzene rings is 1. The fraction of sp³-hybridized carbons (Fsp3) is 0.538. The minimum Gasteiger partial charge on any atom is -0.317 e. The molecule has 3 heteroatoms. The van der Waals surface area contributed by atoms with Gasteiger partial charge in [0, 0.05) is 0 Å². The molecular weight excluding hydrogens is 225 g/mol. The van der Waals surface area contributed by atoms with Crippen LogP contribution in [0.5, 0.6) is 0 Å². The van der Waals surface area contributed by atoms with Crippen molar-refractivity contribution in [2.75, 3.05) is 13.1 Å². The largest absolute Gasteiger partial charge is 0.317 e. The van der Waals surface area contributed by atoms with Gasteiger partial charge in [-0.15, -0.1) is 0 Å². The van der Waals surface area contributed by atoms with Crippen LogP contribution in [0.2, 0.25) is 5.02 Å². The molecule has 1 saturated heterocycles. The Hall–Kier alpha value is -0.600. The van der Waals surface area contributed by atoms with Crippen molar-refractivity contribution in [3.05, 3.63) is 34.6 Å². The Kier molecular flexibility index (Phi) is 4.19. The van der Waals surface area contributed by atoms with Crippen molar-refractivity contribution in [3.63, 3.8) is 0 Å². The normalized spacial score (nSPS) is 17.6. The van der Waals surface area contributed by atoms with Gasteiger partial charge in [-0.2, -0.15) is 0 Å². The average molecular weight is 242 g/mol. The summed E-state index contributed by atoms with van der Waals surface area (Å²) in [6.45, 7) is 2.25. The molecule has 0 atom stereocenters. The lowest BCUT2D eigenvalue weighted by atomic mass is 9.91. The monoisotopic (exact) mass is 241 g/mol. The van der Waals surface area contributed by atoms with Crippen molar-refractivity contribution in [2.45, 2.75) is 25.7 Å². The minimum atomic E-state index is -0.301. The summed E-state index contributed by atoms with van der Waals surface area (Å²) in [5, 5.41) is 3.57. The molecule has 1 aromatic carbocycles. The molecule has 1 heterocycles. The van der Waals surface area contributed by atoms with E-state index in [0.29, 0.717) is 0 Å². The molecule has 0 radical (unpaired) electrons. The summed E-state index contributed by atoms with van der Waals surface area (Å²) >= 11 is 5.65. The number of aryl methyl sites for hydroxylation is 1. The van der Waals surface area contributed by atoms with E-state index in [9.17, 15) is 4.39 Å². The summed E-state index contributed by atoms with van der Waals surface area (Å²) in [6, 6.07) is 5.13. The SMILES string of the molecule is Fc1cc(CCC2CCNCC2)ccc1Cl. The molecule has 0 amide bonds. The third-order valence-electron chi connectivity index (χ3n) is 3.28. The summed E-state index contributed by atoms with van der Waals surface area (Å²) in [7, 11) is 0. The highest BCUT2D eigenvalue weighted by atomic mass is 35.5. The van der Waals surface area contributed by atoms with Gasteiger partial charge in [-0.05, 0) is 62.4 Å². The van der Waals surface area contributed by atoms with Crippen LogP contribution < -0.4 is 5.32 Å². The molecule has 16 heavy (non-hydrogen) atoms. The lowest BCUT2D eigenvalue weighted by Gasteiger charge is -2.22. The molecule has 1 aliphatic rings. The van der Waals surface area contributed by atoms with Gasteiger partial charge in [0.25, 0.3) is 0 Å². The van der Waals surface area contributed by atoms with Crippen LogP contribution in [-0.2, 0) is 6.42 Å². The van der Waals surface area contributed by atoms with Crippen LogP contribution >= 0.6 is 11.6 Å². The van der Waals surface area contributed by atoms with E-state index in [1.807, 2.05) is 6.07 Å². The van der Waals surface area contributed by atoms with Crippen molar-refractivity contribution in [1.82, 2.24) is 5.32 Å². The topological polar surface area (TPSA) is 12.0 Å². The van der Waals surface area contributed by atoms with Crippen molar-refractivity contribution < 1.29 is 4.39 Å². The van der Waals surface area contributed by atoms with Gasteiger partial charge in [0.2, 0.25) is 0 Å². The van der Waals surface area contributed by atoms with Gasteiger partial charge in [0.05, 0.1) is 5.02 Å². The molecule has 0 saturated carbocycles. The van der Waals surface area contributed by atoms with Crippen LogP contribution in [0, 0.1) is 11.7 Å². The molecule has 88 valence electrons. The molecule has 0 spiro atoms. The molecule has 0 unspecified atom stereocenters. The van der Waals surface area contributed by atoms with E-state index in [-0.39, 0.29) is 10.8 Å². The van der Waals surface area contributed by atoms with E-state index in [2.05, 4.69) is 5.32 Å². The van der Waals surface area contributed by atoms with Crippen molar-refractivity contribution >= 4 is 11.6 Å². The first-order valence-electron chi connectivity index (χ1n) is 5.90. The summed E-state index contributed by atoms with van der Waals surface area (Å²) in [6.07, 6.45) is 4.60. The first-order valence-corrected chi connectivity index (χ1v) is 6.28. The molecule has 1 fully saturated rings. The van der Waals surface area contributed by atoms with Crippen LogP contribution in [0.4, 0.5) is 4.39 Å². The van der Waals surface area contributed by atoms with Gasteiger partial charge in [0.1, 0.15) is 5.82 Å². The molecule has 0 bridgehead atoms. The van der Waals surface area contributed by atoms with Gasteiger partial charge in [0.15, 0.2) is 0 Å². The standard InChI is InChI=1S/C13H17ClFN/c14-12-4-3-11(9-13(12)15)2-1-10-5-7-16-8-6-10/h3-4,9-10,16H,1-2,5-8H2. The van der Waals surface area contributed by atoms with Crippen molar-refractivity contribution in [2.24, 2.45) is 5.92 Å². The van der Waals surface area contributed by atoms with Crippen molar-refractivity contribution in [3.8, 4) is 0 Å². The third-order valence-corrected chi connectivity index (χ3v) is 3.59. The van der Waals surface area contributed by atoms with E-state index in [1.54, 1.807) is 12.1 Å². The number of nitrogens with one attached hydrogen (secondary N) is 1. The highest BCUT2D eigenvalue weighted by Crippen LogP contribution is 2.21. The number of piperidine rings is 1. The number of hydrogen-bond donors (Lipinski definition) is 1. The maximum Gasteiger partial charge on any atom is 0.142 e. The number of rotatable bonds is 3. The summed E-state index contributed by atoms with van der Waals surface area (Å²) in [5.41, 5.74) is 1.06. The minimum absolute atomic E-state index is 0.214. The zero-order chi connectivity index (χ0) is 11.4. The highest BCUT2D eigenvalue weighted by molar-refractivity contribution is 6.30. The molecule has 0 aliphatic carbocycles. The molecule has 1 N–H and O–H groups in total. The summed E-state index contributed by atoms with van der Waals surface area (Å²) in [4.78, 5) is 0. The van der Waals surface area contributed by atoms with Crippen LogP contribution in [0.25, 0.3) is 0 Å². The first kappa shape index (κ1) is 11.9. The second-order valence-electron chi connectivity index (χ2n) is 4.48. The fourth-order valence-electron chi connectivity index (χ4n) is 2.24. The van der Waals surface area contributed by atoms with E-state index >= 15 is 0 Å². The van der Waals surface area contributed by atoms with Crippen molar-refractivity contribution in [1.29, 1.82) is 0 Å². The highest BCUT2D eigenvalue weighted by Gasteiger charge is 2.12. The fourth-order valence-corrected chi connectivity index (χ4v) is 2.35. The molecule has 1 aliphatic heterocycles. The quantitative estimate of drug-likeness (QED) is 0.855. The second kappa shape index (κ2) is 5.65. The maximum absolute atomic E-state index is 13.2. The Labute approximate surface area is 101 Å². The lowest BCUT2D eigenvalue weighted by molar-refractivity contribution is 0.354. The van der Waals surface area contributed by atoms with Gasteiger partial charge in [-0.1, -0.05) is 17.7 Å². The molecule has 0 aromatic heterocycles. The Bertz CT molecular complexity index is 348. The van der Waals surface area contributed by atoms with Gasteiger partial charge in [-0.25, -0.2) is 4.39 Å². The smallest absolute Gasteiger partial charge is 0.142 e. The van der Waals surface area contributed by atoms with Crippen LogP contribution in [0.1, 0.15) is 24.8 Å². The molecular formula is C13H17ClFN. The van der Waals surface area contributed by atoms with E-state index in [4.69, 9.17) is 11.6 Å². The van der Waals surface area contributed by atoms with E-state index < -0.39 is 0 Å². The van der Waals surface area contributed by atoms with Crippen LogP contribution in [-0.4, -0.2) is 13.1 Å². The molecule has 2 rings (SSSR count). The van der Waals surface area contributed by atoms with E-state index in [0.717, 1.165) is 37.4 Å². The van der Waals surface area contributed by atoms with Gasteiger partial charge >= 0.3 is 0 Å². The Balaban J connectivity index is 1.86. The zero-order valence-corrected chi connectivity index (χ0v) is 10.1. The average Bonchev–Trinajstić information content (AvgIpc) is 2.32. The Morgan fingerprint density at radius 2 is 2.06 bits per heavy atom.